The van der Waals surface area contributed by atoms with Crippen molar-refractivity contribution in [3.8, 4) is 0 Å². The number of carbonyl (C=O) groups excluding carboxylic acids is 1. The maximum atomic E-state index is 11.4. The van der Waals surface area contributed by atoms with E-state index in [4.69, 9.17) is 14.6 Å². The van der Waals surface area contributed by atoms with Gasteiger partial charge in [0, 0.05) is 0 Å². The lowest BCUT2D eigenvalue weighted by molar-refractivity contribution is -0.168. The molecule has 0 saturated carbocycles. The van der Waals surface area contributed by atoms with Crippen LogP contribution in [0.15, 0.2) is 30.3 Å². The number of carbonyl (C=O) groups is 2. The lowest BCUT2D eigenvalue weighted by Gasteiger charge is -2.33. The van der Waals surface area contributed by atoms with E-state index in [-0.39, 0.29) is 13.2 Å². The molecule has 2 N–H and O–H groups in total. The number of carboxylic acid groups (broad SMARTS) is 1. The molecule has 6 heteroatoms. The number of carboxylic acids is 1. The standard InChI is InChI=1S/C12H13NO5/c14-11(15)10-9(7-17-10)13-12(16)18-6-8-4-2-1-3-5-8/h1-5,9-10H,6-7H2,(H,13,16)(H,14,15)/t9-,10+/m0/s1. The molecular weight excluding hydrogens is 238 g/mol. The molecule has 0 spiro atoms. The SMILES string of the molecule is O=C(N[C@H]1CO[C@H]1C(=O)O)OCc1ccccc1. The minimum absolute atomic E-state index is 0.151. The third-order valence-corrected chi connectivity index (χ3v) is 2.58. The first-order chi connectivity index (χ1) is 8.66. The molecule has 6 nitrogen and oxygen atoms in total. The van der Waals surface area contributed by atoms with Gasteiger partial charge in [-0.25, -0.2) is 9.59 Å². The Balaban J connectivity index is 1.74. The van der Waals surface area contributed by atoms with Crippen molar-refractivity contribution in [3.05, 3.63) is 35.9 Å². The average Bonchev–Trinajstić information content (AvgIpc) is 2.32. The molecule has 0 aliphatic carbocycles. The lowest BCUT2D eigenvalue weighted by Crippen LogP contribution is -2.59. The van der Waals surface area contributed by atoms with Gasteiger partial charge in [-0.2, -0.15) is 0 Å². The highest BCUT2D eigenvalue weighted by molar-refractivity contribution is 5.76. The number of benzene rings is 1. The normalized spacial score (nSPS) is 21.8. The van der Waals surface area contributed by atoms with Crippen molar-refractivity contribution in [1.29, 1.82) is 0 Å². The van der Waals surface area contributed by atoms with Gasteiger partial charge in [-0.3, -0.25) is 0 Å². The van der Waals surface area contributed by atoms with Gasteiger partial charge in [0.05, 0.1) is 12.6 Å². The van der Waals surface area contributed by atoms with Gasteiger partial charge in [0.15, 0.2) is 6.10 Å². The van der Waals surface area contributed by atoms with Crippen molar-refractivity contribution in [2.45, 2.75) is 18.8 Å². The number of ether oxygens (including phenoxy) is 2. The van der Waals surface area contributed by atoms with Crippen molar-refractivity contribution >= 4 is 12.1 Å². The number of hydrogen-bond donors (Lipinski definition) is 2. The molecule has 2 rings (SSSR count). The highest BCUT2D eigenvalue weighted by Gasteiger charge is 2.39. The van der Waals surface area contributed by atoms with Crippen molar-refractivity contribution in [2.24, 2.45) is 0 Å². The number of alkyl carbamates (subject to hydrolysis) is 1. The number of hydrogen-bond acceptors (Lipinski definition) is 4. The molecule has 0 radical (unpaired) electrons. The van der Waals surface area contributed by atoms with Gasteiger partial charge in [-0.05, 0) is 5.56 Å². The molecule has 1 saturated heterocycles. The maximum absolute atomic E-state index is 11.4. The Hall–Kier alpha value is -2.08. The van der Waals surface area contributed by atoms with Crippen LogP contribution in [0.25, 0.3) is 0 Å². The van der Waals surface area contributed by atoms with Crippen LogP contribution in [0.2, 0.25) is 0 Å². The monoisotopic (exact) mass is 251 g/mol. The zero-order valence-corrected chi connectivity index (χ0v) is 9.54. The predicted molar refractivity (Wildman–Crippen MR) is 60.9 cm³/mol. The third-order valence-electron chi connectivity index (χ3n) is 2.58. The third kappa shape index (κ3) is 2.98. The Labute approximate surface area is 104 Å². The highest BCUT2D eigenvalue weighted by Crippen LogP contribution is 2.13. The van der Waals surface area contributed by atoms with E-state index in [1.54, 1.807) is 0 Å². The molecule has 2 atom stereocenters. The summed E-state index contributed by atoms with van der Waals surface area (Å²) >= 11 is 0. The number of aliphatic carboxylic acids is 1. The topological polar surface area (TPSA) is 84.9 Å². The fourth-order valence-electron chi connectivity index (χ4n) is 1.57. The summed E-state index contributed by atoms with van der Waals surface area (Å²) in [5.41, 5.74) is 0.868. The van der Waals surface area contributed by atoms with Gasteiger partial charge in [-0.15, -0.1) is 0 Å². The molecule has 1 aliphatic heterocycles. The summed E-state index contributed by atoms with van der Waals surface area (Å²) in [4.78, 5) is 22.0. The van der Waals surface area contributed by atoms with E-state index in [2.05, 4.69) is 5.32 Å². The van der Waals surface area contributed by atoms with E-state index >= 15 is 0 Å². The Bertz CT molecular complexity index is 433. The smallest absolute Gasteiger partial charge is 0.407 e. The molecule has 1 heterocycles. The second kappa shape index (κ2) is 5.50. The van der Waals surface area contributed by atoms with E-state index in [1.165, 1.54) is 0 Å². The number of amides is 1. The second-order valence-electron chi connectivity index (χ2n) is 3.90. The summed E-state index contributed by atoms with van der Waals surface area (Å²) in [6.07, 6.45) is -1.62. The van der Waals surface area contributed by atoms with E-state index < -0.39 is 24.2 Å². The van der Waals surface area contributed by atoms with Crippen LogP contribution in [0.1, 0.15) is 5.56 Å². The molecule has 0 bridgehead atoms. The second-order valence-corrected chi connectivity index (χ2v) is 3.90. The minimum Gasteiger partial charge on any atom is -0.479 e. The fraction of sp³-hybridized carbons (Fsp3) is 0.333. The maximum Gasteiger partial charge on any atom is 0.407 e. The summed E-state index contributed by atoms with van der Waals surface area (Å²) < 4.78 is 9.76. The molecule has 1 aliphatic rings. The molecule has 1 aromatic carbocycles. The van der Waals surface area contributed by atoms with Gasteiger partial charge >= 0.3 is 12.1 Å². The molecule has 96 valence electrons. The van der Waals surface area contributed by atoms with Crippen molar-refractivity contribution in [2.75, 3.05) is 6.61 Å². The van der Waals surface area contributed by atoms with Crippen molar-refractivity contribution < 1.29 is 24.2 Å². The Kier molecular flexibility index (Phi) is 3.78. The van der Waals surface area contributed by atoms with Crippen LogP contribution in [0.4, 0.5) is 4.79 Å². The van der Waals surface area contributed by atoms with Gasteiger partial charge in [0.1, 0.15) is 6.61 Å². The summed E-state index contributed by atoms with van der Waals surface area (Å²) in [5.74, 6) is -1.09. The van der Waals surface area contributed by atoms with E-state index in [0.29, 0.717) is 0 Å². The summed E-state index contributed by atoms with van der Waals surface area (Å²) in [6, 6.07) is 8.70. The summed E-state index contributed by atoms with van der Waals surface area (Å²) in [7, 11) is 0. The first-order valence-electron chi connectivity index (χ1n) is 5.48. The van der Waals surface area contributed by atoms with Crippen LogP contribution in [0.5, 0.6) is 0 Å². The zero-order valence-electron chi connectivity index (χ0n) is 9.54. The van der Waals surface area contributed by atoms with E-state index in [0.717, 1.165) is 5.56 Å². The van der Waals surface area contributed by atoms with Gasteiger partial charge in [0.2, 0.25) is 0 Å². The molecule has 1 fully saturated rings. The first kappa shape index (κ1) is 12.4. The molecule has 0 unspecified atom stereocenters. The summed E-state index contributed by atoms with van der Waals surface area (Å²) in [5, 5.41) is 11.2. The first-order valence-corrected chi connectivity index (χ1v) is 5.48. The molecule has 1 amide bonds. The van der Waals surface area contributed by atoms with Gasteiger partial charge in [-0.1, -0.05) is 30.3 Å². The van der Waals surface area contributed by atoms with Crippen LogP contribution in [-0.2, 0) is 20.9 Å². The van der Waals surface area contributed by atoms with E-state index in [1.807, 2.05) is 30.3 Å². The average molecular weight is 251 g/mol. The molecule has 1 aromatic rings. The quantitative estimate of drug-likeness (QED) is 0.825. The zero-order chi connectivity index (χ0) is 13.0. The Morgan fingerprint density at radius 1 is 1.39 bits per heavy atom. The number of rotatable bonds is 4. The van der Waals surface area contributed by atoms with Crippen LogP contribution < -0.4 is 5.32 Å². The largest absolute Gasteiger partial charge is 0.479 e. The highest BCUT2D eigenvalue weighted by atomic mass is 16.6. The van der Waals surface area contributed by atoms with Crippen molar-refractivity contribution in [3.63, 3.8) is 0 Å². The van der Waals surface area contributed by atoms with Crippen molar-refractivity contribution in [1.82, 2.24) is 5.32 Å². The van der Waals surface area contributed by atoms with Crippen LogP contribution in [-0.4, -0.2) is 35.9 Å². The minimum atomic E-state index is -1.09. The van der Waals surface area contributed by atoms with Crippen LogP contribution >= 0.6 is 0 Å². The predicted octanol–water partition coefficient (Wildman–Crippen LogP) is 0.765. The van der Waals surface area contributed by atoms with Gasteiger partial charge in [0.25, 0.3) is 0 Å². The van der Waals surface area contributed by atoms with Crippen LogP contribution in [0, 0.1) is 0 Å². The van der Waals surface area contributed by atoms with Gasteiger partial charge < -0.3 is 19.9 Å². The molecule has 18 heavy (non-hydrogen) atoms. The lowest BCUT2D eigenvalue weighted by atomic mass is 10.1. The number of nitrogens with one attached hydrogen (secondary N) is 1. The fourth-order valence-corrected chi connectivity index (χ4v) is 1.57. The molecule has 0 aromatic heterocycles. The Morgan fingerprint density at radius 3 is 2.67 bits per heavy atom. The summed E-state index contributed by atoms with van der Waals surface area (Å²) in [6.45, 7) is 0.343. The molecular formula is C12H13NO5. The van der Waals surface area contributed by atoms with E-state index in [9.17, 15) is 9.59 Å². The Morgan fingerprint density at radius 2 is 2.11 bits per heavy atom. The van der Waals surface area contributed by atoms with Crippen LogP contribution in [0.3, 0.4) is 0 Å².